The molecule has 1 aromatic carbocycles. The summed E-state index contributed by atoms with van der Waals surface area (Å²) in [4.78, 5) is 16.8. The lowest BCUT2D eigenvalue weighted by Crippen LogP contribution is -2.45. The third kappa shape index (κ3) is 2.60. The molecule has 2 aliphatic carbocycles. The topological polar surface area (TPSA) is 80.0 Å². The Balaban J connectivity index is 1.47. The first-order valence-corrected chi connectivity index (χ1v) is 8.53. The number of aryl methyl sites for hydroxylation is 1. The molecule has 0 radical (unpaired) electrons. The van der Waals surface area contributed by atoms with Crippen molar-refractivity contribution in [3.8, 4) is 11.4 Å². The first-order valence-electron chi connectivity index (χ1n) is 8.53. The zero-order valence-corrected chi connectivity index (χ0v) is 13.7. The van der Waals surface area contributed by atoms with E-state index in [1.807, 2.05) is 31.3 Å². The van der Waals surface area contributed by atoms with Crippen LogP contribution < -0.4 is 5.32 Å². The molecule has 24 heavy (non-hydrogen) atoms. The number of nitrogens with one attached hydrogen (secondary N) is 1. The largest absolute Gasteiger partial charge is 0.396 e. The van der Waals surface area contributed by atoms with Crippen LogP contribution in [0.4, 0.5) is 0 Å². The maximum atomic E-state index is 12.6. The molecule has 0 spiro atoms. The summed E-state index contributed by atoms with van der Waals surface area (Å²) in [6, 6.07) is 7.46. The Hall–Kier alpha value is -2.21. The molecule has 2 aromatic rings. The Bertz CT molecular complexity index is 740. The molecule has 2 N–H and O–H groups in total. The lowest BCUT2D eigenvalue weighted by Gasteiger charge is -2.30. The Morgan fingerprint density at radius 3 is 2.71 bits per heavy atom. The minimum atomic E-state index is -0.0634. The highest BCUT2D eigenvalue weighted by Gasteiger charge is 2.47. The van der Waals surface area contributed by atoms with Crippen molar-refractivity contribution in [3.05, 3.63) is 36.2 Å². The van der Waals surface area contributed by atoms with Crippen LogP contribution in [0.1, 0.15) is 29.6 Å². The van der Waals surface area contributed by atoms with Gasteiger partial charge in [0.2, 0.25) is 0 Å². The van der Waals surface area contributed by atoms with Crippen LogP contribution in [-0.2, 0) is 7.05 Å². The number of benzene rings is 1. The quantitative estimate of drug-likeness (QED) is 0.895. The lowest BCUT2D eigenvalue weighted by atomic mass is 9.85. The van der Waals surface area contributed by atoms with E-state index in [0.717, 1.165) is 18.4 Å². The molecule has 2 aliphatic rings. The summed E-state index contributed by atoms with van der Waals surface area (Å²) in [5.41, 5.74) is 1.52. The lowest BCUT2D eigenvalue weighted by molar-refractivity contribution is 0.0861. The molecule has 2 saturated carbocycles. The van der Waals surface area contributed by atoms with Crippen molar-refractivity contribution in [2.24, 2.45) is 24.8 Å². The van der Waals surface area contributed by atoms with Crippen molar-refractivity contribution in [2.75, 3.05) is 6.61 Å². The second-order valence-electron chi connectivity index (χ2n) is 7.00. The number of carbonyl (C=O) groups excluding carboxylic acids is 1. The van der Waals surface area contributed by atoms with Gasteiger partial charge in [0.15, 0.2) is 5.82 Å². The number of nitrogens with zero attached hydrogens (tertiary/aromatic N) is 3. The minimum Gasteiger partial charge on any atom is -0.396 e. The van der Waals surface area contributed by atoms with Gasteiger partial charge in [-0.15, -0.1) is 0 Å². The molecular formula is C18H22N4O2. The van der Waals surface area contributed by atoms with E-state index in [4.69, 9.17) is 0 Å². The van der Waals surface area contributed by atoms with Gasteiger partial charge in [-0.2, -0.15) is 5.10 Å². The van der Waals surface area contributed by atoms with Crippen LogP contribution >= 0.6 is 0 Å². The van der Waals surface area contributed by atoms with Crippen molar-refractivity contribution < 1.29 is 9.90 Å². The Labute approximate surface area is 140 Å². The molecule has 1 amide bonds. The average Bonchev–Trinajstić information content (AvgIpc) is 3.31. The van der Waals surface area contributed by atoms with E-state index in [-0.39, 0.29) is 24.5 Å². The van der Waals surface area contributed by atoms with Crippen LogP contribution in [0, 0.1) is 17.8 Å². The van der Waals surface area contributed by atoms with Gasteiger partial charge in [0.05, 0.1) is 0 Å². The number of rotatable bonds is 4. The molecule has 4 unspecified atom stereocenters. The fourth-order valence-corrected chi connectivity index (χ4v) is 4.38. The van der Waals surface area contributed by atoms with E-state index in [9.17, 15) is 9.90 Å². The number of aromatic nitrogens is 3. The predicted molar refractivity (Wildman–Crippen MR) is 89.1 cm³/mol. The molecule has 6 nitrogen and oxygen atoms in total. The number of aliphatic hydroxyl groups excluding tert-OH is 1. The zero-order chi connectivity index (χ0) is 16.7. The molecule has 4 rings (SSSR count). The van der Waals surface area contributed by atoms with E-state index >= 15 is 0 Å². The summed E-state index contributed by atoms with van der Waals surface area (Å²) >= 11 is 0. The number of hydrogen-bond acceptors (Lipinski definition) is 4. The highest BCUT2D eigenvalue weighted by atomic mass is 16.3. The fourth-order valence-electron chi connectivity index (χ4n) is 4.38. The number of carbonyl (C=O) groups is 1. The number of aliphatic hydroxyl groups is 1. The predicted octanol–water partition coefficient (Wildman–Crippen LogP) is 1.62. The van der Waals surface area contributed by atoms with Crippen molar-refractivity contribution in [3.63, 3.8) is 0 Å². The number of amides is 1. The molecule has 2 bridgehead atoms. The Morgan fingerprint density at radius 1 is 1.29 bits per heavy atom. The molecule has 0 saturated heterocycles. The van der Waals surface area contributed by atoms with Crippen molar-refractivity contribution >= 4 is 5.91 Å². The van der Waals surface area contributed by atoms with E-state index < -0.39 is 0 Å². The van der Waals surface area contributed by atoms with Gasteiger partial charge in [-0.05, 0) is 43.2 Å². The normalized spacial score (nSPS) is 28.2. The van der Waals surface area contributed by atoms with Gasteiger partial charge >= 0.3 is 0 Å². The summed E-state index contributed by atoms with van der Waals surface area (Å²) in [5, 5.41) is 17.1. The van der Waals surface area contributed by atoms with Crippen LogP contribution in [0.2, 0.25) is 0 Å². The van der Waals surface area contributed by atoms with E-state index in [0.29, 0.717) is 23.2 Å². The van der Waals surface area contributed by atoms with Crippen LogP contribution in [0.15, 0.2) is 30.6 Å². The van der Waals surface area contributed by atoms with Gasteiger partial charge in [0.1, 0.15) is 6.33 Å². The first kappa shape index (κ1) is 15.3. The van der Waals surface area contributed by atoms with Crippen LogP contribution in [0.5, 0.6) is 0 Å². The Morgan fingerprint density at radius 2 is 2.04 bits per heavy atom. The van der Waals surface area contributed by atoms with E-state index in [2.05, 4.69) is 15.4 Å². The maximum Gasteiger partial charge on any atom is 0.251 e. The zero-order valence-electron chi connectivity index (χ0n) is 13.7. The highest BCUT2D eigenvalue weighted by molar-refractivity contribution is 5.94. The van der Waals surface area contributed by atoms with Crippen LogP contribution in [0.3, 0.4) is 0 Å². The second kappa shape index (κ2) is 6.02. The third-order valence-corrected chi connectivity index (χ3v) is 5.60. The van der Waals surface area contributed by atoms with Gasteiger partial charge in [-0.1, -0.05) is 12.1 Å². The molecule has 1 heterocycles. The van der Waals surface area contributed by atoms with Crippen molar-refractivity contribution in [1.29, 1.82) is 0 Å². The van der Waals surface area contributed by atoms with Gasteiger partial charge in [-0.25, -0.2) is 4.98 Å². The van der Waals surface area contributed by atoms with E-state index in [1.165, 1.54) is 6.42 Å². The van der Waals surface area contributed by atoms with Gasteiger partial charge in [0.25, 0.3) is 5.91 Å². The van der Waals surface area contributed by atoms with E-state index in [1.54, 1.807) is 11.0 Å². The van der Waals surface area contributed by atoms with Crippen molar-refractivity contribution in [1.82, 2.24) is 20.1 Å². The van der Waals surface area contributed by atoms with Gasteiger partial charge in [-0.3, -0.25) is 9.48 Å². The minimum absolute atomic E-state index is 0.0634. The first-order chi connectivity index (χ1) is 11.7. The molecule has 126 valence electrons. The summed E-state index contributed by atoms with van der Waals surface area (Å²) in [7, 11) is 1.82. The van der Waals surface area contributed by atoms with Crippen LogP contribution in [-0.4, -0.2) is 38.4 Å². The summed E-state index contributed by atoms with van der Waals surface area (Å²) in [5.74, 6) is 1.89. The Kier molecular flexibility index (Phi) is 3.84. The second-order valence-corrected chi connectivity index (χ2v) is 7.00. The third-order valence-electron chi connectivity index (χ3n) is 5.60. The smallest absolute Gasteiger partial charge is 0.251 e. The molecule has 0 aliphatic heterocycles. The SMILES string of the molecule is Cn1cnc(-c2ccc(C(=O)NC3C4CCC(C4)C3CO)cc2)n1. The standard InChI is InChI=1S/C18H22N4O2/c1-22-10-19-17(21-22)11-2-4-12(5-3-11)18(24)20-16-14-7-6-13(8-14)15(16)9-23/h2-5,10,13-16,23H,6-9H2,1H3,(H,20,24). The fraction of sp³-hybridized carbons (Fsp3) is 0.500. The monoisotopic (exact) mass is 326 g/mol. The number of hydrogen-bond donors (Lipinski definition) is 2. The highest BCUT2D eigenvalue weighted by Crippen LogP contribution is 2.48. The van der Waals surface area contributed by atoms with Crippen LogP contribution in [0.25, 0.3) is 11.4 Å². The average molecular weight is 326 g/mol. The molecule has 6 heteroatoms. The summed E-state index contributed by atoms with van der Waals surface area (Å²) in [6.07, 6.45) is 5.14. The number of fused-ring (bicyclic) bond motifs is 2. The maximum absolute atomic E-state index is 12.6. The molecular weight excluding hydrogens is 304 g/mol. The molecule has 2 fully saturated rings. The molecule has 1 aromatic heterocycles. The van der Waals surface area contributed by atoms with Crippen molar-refractivity contribution in [2.45, 2.75) is 25.3 Å². The summed E-state index contributed by atoms with van der Waals surface area (Å²) < 4.78 is 1.65. The summed E-state index contributed by atoms with van der Waals surface area (Å²) in [6.45, 7) is 0.163. The molecule has 4 atom stereocenters. The van der Waals surface area contributed by atoms with Gasteiger partial charge < -0.3 is 10.4 Å². The van der Waals surface area contributed by atoms with Gasteiger partial charge in [0, 0.05) is 36.7 Å².